The number of carbonyl (C=O) groups is 2. The predicted octanol–water partition coefficient (Wildman–Crippen LogP) is 8.16. The van der Waals surface area contributed by atoms with Crippen molar-refractivity contribution in [2.45, 2.75) is 62.7 Å². The Morgan fingerprint density at radius 3 is 1.25 bits per heavy atom. The number of hydrogen-bond acceptors (Lipinski definition) is 12. The third kappa shape index (κ3) is 14.9. The van der Waals surface area contributed by atoms with Crippen LogP contribution in [0.25, 0.3) is 21.8 Å². The number of fused-ring (bicyclic) bond motifs is 2. The zero-order chi connectivity index (χ0) is 56.4. The molecular formula is C53H51F6LiN4O14S2. The number of carbonyl (C=O) groups excluding carboxylic acids is 1. The molecule has 0 saturated carbocycles. The topological polar surface area (TPSA) is 286 Å². The van der Waals surface area contributed by atoms with E-state index in [9.17, 15) is 52.8 Å². The molecule has 0 bridgehead atoms. The fraction of sp³-hybridized carbons (Fsp3) is 0.208. The minimum Gasteiger partial charge on any atom is -0.870 e. The summed E-state index contributed by atoms with van der Waals surface area (Å²) in [6.07, 6.45) is -9.69. The van der Waals surface area contributed by atoms with Crippen LogP contribution in [0.3, 0.4) is 0 Å². The molecule has 0 spiro atoms. The fourth-order valence-corrected chi connectivity index (χ4v) is 10.7. The number of aromatic nitrogens is 2. The van der Waals surface area contributed by atoms with Crippen LogP contribution in [0, 0.1) is 27.7 Å². The van der Waals surface area contributed by atoms with Crippen LogP contribution in [0.4, 0.5) is 37.7 Å². The number of aliphatic carboxylic acids is 1. The van der Waals surface area contributed by atoms with Gasteiger partial charge in [-0.2, -0.15) is 26.3 Å². The van der Waals surface area contributed by atoms with Gasteiger partial charge in [0.25, 0.3) is 20.0 Å². The number of carboxylic acid groups (broad SMARTS) is 1. The molecule has 0 atom stereocenters. The summed E-state index contributed by atoms with van der Waals surface area (Å²) in [5, 5.41) is 8.94. The number of aromatic amines is 2. The number of hydrogen-bond donors (Lipinski definition) is 5. The normalized spacial score (nSPS) is 11.5. The first-order valence-electron chi connectivity index (χ1n) is 22.7. The Hall–Kier alpha value is -7.86. The van der Waals surface area contributed by atoms with Crippen molar-refractivity contribution in [2.75, 3.05) is 30.8 Å². The number of aryl methyl sites for hydroxylation is 4. The average Bonchev–Trinajstić information content (AvgIpc) is 4.00. The van der Waals surface area contributed by atoms with Crippen LogP contribution in [0.15, 0.2) is 119 Å². The minimum atomic E-state index is -4.70. The summed E-state index contributed by atoms with van der Waals surface area (Å²) in [5.41, 5.74) is 1.15. The van der Waals surface area contributed by atoms with Crippen molar-refractivity contribution in [3.8, 4) is 34.5 Å². The maximum atomic E-state index is 13.5. The average molecular weight is 1150 g/mol. The van der Waals surface area contributed by atoms with Crippen LogP contribution in [-0.4, -0.2) is 76.1 Å². The molecule has 0 amide bonds. The van der Waals surface area contributed by atoms with E-state index in [0.717, 1.165) is 23.3 Å². The Bertz CT molecular complexity index is 3810. The molecule has 0 fully saturated rings. The Balaban J connectivity index is 0.000000332. The van der Waals surface area contributed by atoms with Gasteiger partial charge in [-0.05, 0) is 123 Å². The van der Waals surface area contributed by atoms with Crippen molar-refractivity contribution < 1.29 is 111 Å². The van der Waals surface area contributed by atoms with E-state index in [1.165, 1.54) is 82.0 Å². The number of benzene rings is 6. The maximum absolute atomic E-state index is 13.5. The van der Waals surface area contributed by atoms with E-state index in [4.69, 9.17) is 24.1 Å². The Labute approximate surface area is 466 Å². The third-order valence-corrected chi connectivity index (χ3v) is 14.7. The van der Waals surface area contributed by atoms with Gasteiger partial charge in [-0.1, -0.05) is 47.5 Å². The second-order valence-corrected chi connectivity index (χ2v) is 20.7. The van der Waals surface area contributed by atoms with Crippen LogP contribution in [0.1, 0.15) is 44.8 Å². The largest absolute Gasteiger partial charge is 1.00 e. The van der Waals surface area contributed by atoms with Crippen LogP contribution in [0.2, 0.25) is 0 Å². The number of anilines is 2. The first-order valence-corrected chi connectivity index (χ1v) is 25.7. The van der Waals surface area contributed by atoms with Crippen molar-refractivity contribution in [1.29, 1.82) is 0 Å². The molecule has 2 aromatic heterocycles. The molecule has 2 heterocycles. The number of alkyl halides is 6. The van der Waals surface area contributed by atoms with E-state index in [0.29, 0.717) is 22.3 Å². The summed E-state index contributed by atoms with van der Waals surface area (Å²) in [6.45, 7) is 6.85. The number of nitrogens with one attached hydrogen (secondary N) is 4. The molecule has 8 N–H and O–H groups in total. The Kier molecular flexibility index (Phi) is 20.6. The predicted molar refractivity (Wildman–Crippen MR) is 279 cm³/mol. The van der Waals surface area contributed by atoms with E-state index in [1.54, 1.807) is 57.2 Å². The second-order valence-electron chi connectivity index (χ2n) is 17.4. The third-order valence-electron chi connectivity index (χ3n) is 11.7. The van der Waals surface area contributed by atoms with Gasteiger partial charge in [0.05, 0.1) is 44.0 Å². The first kappa shape index (κ1) is 64.7. The zero-order valence-electron chi connectivity index (χ0n) is 43.8. The standard InChI is InChI=1S/C27H25F3N2O6S.C26H23F3N2O6S.Li.2H2O/c1-15-5-10-23(16(2)11-15)39(34,35)32-26-18-14-24(27(28,29)30)31-19(18)7-9-21(26)38-20-8-6-17(12-22(20)36-3)13-25(33)37-4;1-14-4-9-22(15(2)10-14)38(34,35)31-25-17-13-23(26(27,28)29)30-18(17)6-8-20(25)37-19-7-5-16(12-24(32)33)11-21(19)36-3;;;/h5-12,14,31-32H,13H2,1-4H3;4-11,13,30-31H,12H2,1-3H3,(H,32,33);;2*1H2/q;;+1;;/p-1. The summed E-state index contributed by atoms with van der Waals surface area (Å²) >= 11 is 0. The summed E-state index contributed by atoms with van der Waals surface area (Å²) in [6, 6.07) is 25.4. The molecule has 0 saturated heterocycles. The van der Waals surface area contributed by atoms with Crippen molar-refractivity contribution in [1.82, 2.24) is 9.97 Å². The fourth-order valence-electron chi connectivity index (χ4n) is 8.10. The van der Waals surface area contributed by atoms with Gasteiger partial charge in [-0.15, -0.1) is 0 Å². The SMILES string of the molecule is COC(=O)Cc1ccc(Oc2ccc3[nH]c(C(F)(F)F)cc3c2NS(=O)(=O)c2ccc(C)cc2C)c(OC)c1.COc1cc(CC(=O)O)ccc1Oc1ccc2[nH]c(C(F)(F)F)cc2c1NS(=O)(=O)c1ccc(C)cc1C.O.[Li+].[OH-]. The molecule has 80 heavy (non-hydrogen) atoms. The molecule has 8 aromatic rings. The van der Waals surface area contributed by atoms with E-state index in [-0.39, 0.29) is 120 Å². The maximum Gasteiger partial charge on any atom is 1.00 e. The van der Waals surface area contributed by atoms with E-state index < -0.39 is 55.7 Å². The van der Waals surface area contributed by atoms with Crippen molar-refractivity contribution in [3.63, 3.8) is 0 Å². The van der Waals surface area contributed by atoms with Crippen LogP contribution < -0.4 is 47.3 Å². The smallest absolute Gasteiger partial charge is 0.870 e. The molecule has 0 radical (unpaired) electrons. The van der Waals surface area contributed by atoms with E-state index in [2.05, 4.69) is 24.1 Å². The number of sulfonamides is 2. The molecule has 27 heteroatoms. The number of halogens is 6. The number of esters is 1. The van der Waals surface area contributed by atoms with Gasteiger partial charge < -0.3 is 49.7 Å². The van der Waals surface area contributed by atoms with Gasteiger partial charge in [0, 0.05) is 21.8 Å². The molecule has 0 aliphatic carbocycles. The number of methoxy groups -OCH3 is 3. The molecule has 18 nitrogen and oxygen atoms in total. The molecule has 8 rings (SSSR count). The Morgan fingerprint density at radius 1 is 0.537 bits per heavy atom. The quantitative estimate of drug-likeness (QED) is 0.0347. The second kappa shape index (κ2) is 25.5. The first-order chi connectivity index (χ1) is 36.1. The van der Waals surface area contributed by atoms with Crippen LogP contribution >= 0.6 is 0 Å². The molecule has 6 aromatic carbocycles. The van der Waals surface area contributed by atoms with Gasteiger partial charge in [0.2, 0.25) is 0 Å². The molecule has 0 aliphatic rings. The molecule has 0 unspecified atom stereocenters. The summed E-state index contributed by atoms with van der Waals surface area (Å²) in [4.78, 5) is 27.2. The minimum absolute atomic E-state index is 0. The number of rotatable bonds is 16. The van der Waals surface area contributed by atoms with Crippen molar-refractivity contribution in [2.24, 2.45) is 0 Å². The summed E-state index contributed by atoms with van der Waals surface area (Å²) < 4.78 is 167. The van der Waals surface area contributed by atoms with E-state index >= 15 is 0 Å². The number of H-pyrrole nitrogens is 2. The van der Waals surface area contributed by atoms with Gasteiger partial charge in [0.15, 0.2) is 34.5 Å². The van der Waals surface area contributed by atoms with Crippen molar-refractivity contribution in [3.05, 3.63) is 154 Å². The summed E-state index contributed by atoms with van der Waals surface area (Å²) in [5.74, 6) is -1.08. The van der Waals surface area contributed by atoms with Crippen molar-refractivity contribution >= 4 is 65.2 Å². The molecule has 0 aliphatic heterocycles. The van der Waals surface area contributed by atoms with Gasteiger partial charge in [-0.25, -0.2) is 16.8 Å². The molecular weight excluding hydrogens is 1100 g/mol. The van der Waals surface area contributed by atoms with Gasteiger partial charge in [0.1, 0.15) is 22.8 Å². The zero-order valence-corrected chi connectivity index (χ0v) is 45.4. The Morgan fingerprint density at radius 2 is 0.912 bits per heavy atom. The number of carboxylic acids is 1. The summed E-state index contributed by atoms with van der Waals surface area (Å²) in [7, 11) is -4.52. The van der Waals surface area contributed by atoms with Gasteiger partial charge >= 0.3 is 43.2 Å². The van der Waals surface area contributed by atoms with E-state index in [1.807, 2.05) is 6.92 Å². The molecule has 422 valence electrons. The van der Waals surface area contributed by atoms with Crippen LogP contribution in [0.5, 0.6) is 34.5 Å². The van der Waals surface area contributed by atoms with Crippen LogP contribution in [-0.2, 0) is 59.6 Å². The van der Waals surface area contributed by atoms with Gasteiger partial charge in [-0.3, -0.25) is 19.0 Å². The number of ether oxygens (including phenoxy) is 5. The monoisotopic (exact) mass is 1150 g/mol.